The summed E-state index contributed by atoms with van der Waals surface area (Å²) in [7, 11) is 0. The molecular formula is C13H16ClNO. The fraction of sp³-hybridized carbons (Fsp3) is 0.462. The number of nitrogens with one attached hydrogen (secondary N) is 1. The quantitative estimate of drug-likeness (QED) is 0.857. The Labute approximate surface area is 101 Å². The number of benzene rings is 1. The lowest BCUT2D eigenvalue weighted by Crippen LogP contribution is -2.44. The summed E-state index contributed by atoms with van der Waals surface area (Å²) in [5, 5.41) is 4.02. The van der Waals surface area contributed by atoms with Crippen LogP contribution in [0.15, 0.2) is 24.3 Å². The second-order valence-corrected chi connectivity index (χ2v) is 4.83. The van der Waals surface area contributed by atoms with E-state index in [1.807, 2.05) is 24.3 Å². The lowest BCUT2D eigenvalue weighted by Gasteiger charge is -2.35. The van der Waals surface area contributed by atoms with Crippen LogP contribution in [-0.2, 0) is 10.2 Å². The lowest BCUT2D eigenvalue weighted by atomic mass is 9.70. The molecule has 0 spiro atoms. The molecule has 0 amide bonds. The maximum absolute atomic E-state index is 11.9. The maximum atomic E-state index is 11.9. The number of hydrogen-bond donors (Lipinski definition) is 1. The zero-order valence-electron chi connectivity index (χ0n) is 9.42. The van der Waals surface area contributed by atoms with Crippen LogP contribution in [0.4, 0.5) is 0 Å². The van der Waals surface area contributed by atoms with Crippen molar-refractivity contribution >= 4 is 17.4 Å². The highest BCUT2D eigenvalue weighted by Crippen LogP contribution is 2.34. The summed E-state index contributed by atoms with van der Waals surface area (Å²) in [6.07, 6.45) is 1.76. The topological polar surface area (TPSA) is 29.1 Å². The van der Waals surface area contributed by atoms with Crippen molar-refractivity contribution in [3.63, 3.8) is 0 Å². The molecule has 1 saturated heterocycles. The van der Waals surface area contributed by atoms with Gasteiger partial charge in [0.25, 0.3) is 0 Å². The maximum Gasteiger partial charge on any atom is 0.140 e. The standard InChI is InChI=1S/C13H16ClNO/c1-10(16)13(6-8-15-9-7-13)11-2-4-12(14)5-3-11/h2-5,15H,6-9H2,1H3. The molecule has 86 valence electrons. The summed E-state index contributed by atoms with van der Waals surface area (Å²) in [5.74, 6) is 0.260. The summed E-state index contributed by atoms with van der Waals surface area (Å²) in [4.78, 5) is 11.9. The molecule has 1 aromatic rings. The molecule has 0 aliphatic carbocycles. The van der Waals surface area contributed by atoms with Crippen molar-refractivity contribution in [3.8, 4) is 0 Å². The Hall–Kier alpha value is -0.860. The largest absolute Gasteiger partial charge is 0.317 e. The van der Waals surface area contributed by atoms with E-state index in [1.165, 1.54) is 0 Å². The molecule has 2 nitrogen and oxygen atoms in total. The van der Waals surface area contributed by atoms with Gasteiger partial charge in [0.15, 0.2) is 0 Å². The minimum absolute atomic E-state index is 0.260. The predicted molar refractivity (Wildman–Crippen MR) is 65.9 cm³/mol. The summed E-state index contributed by atoms with van der Waals surface area (Å²) in [5.41, 5.74) is 0.807. The van der Waals surface area contributed by atoms with E-state index in [4.69, 9.17) is 11.6 Å². The third-order valence-corrected chi connectivity index (χ3v) is 3.78. The highest BCUT2D eigenvalue weighted by Gasteiger charge is 2.38. The Morgan fingerprint density at radius 3 is 2.31 bits per heavy atom. The molecule has 1 aliphatic rings. The molecule has 3 heteroatoms. The number of ketones is 1. The number of Topliss-reactive ketones (excluding diaryl/α,β-unsaturated/α-hetero) is 1. The van der Waals surface area contributed by atoms with Crippen LogP contribution < -0.4 is 5.32 Å². The van der Waals surface area contributed by atoms with Gasteiger partial charge in [0, 0.05) is 5.02 Å². The van der Waals surface area contributed by atoms with Crippen molar-refractivity contribution in [2.75, 3.05) is 13.1 Å². The smallest absolute Gasteiger partial charge is 0.140 e. The van der Waals surface area contributed by atoms with Crippen LogP contribution in [0.3, 0.4) is 0 Å². The van der Waals surface area contributed by atoms with Crippen LogP contribution in [0.1, 0.15) is 25.3 Å². The SMILES string of the molecule is CC(=O)C1(c2ccc(Cl)cc2)CCNCC1. The molecule has 1 aliphatic heterocycles. The van der Waals surface area contributed by atoms with Gasteiger partial charge in [0.1, 0.15) is 5.78 Å². The van der Waals surface area contributed by atoms with Gasteiger partial charge in [-0.2, -0.15) is 0 Å². The van der Waals surface area contributed by atoms with Crippen LogP contribution in [0, 0.1) is 0 Å². The van der Waals surface area contributed by atoms with Crippen LogP contribution in [-0.4, -0.2) is 18.9 Å². The third-order valence-electron chi connectivity index (χ3n) is 3.53. The van der Waals surface area contributed by atoms with Crippen LogP contribution in [0.5, 0.6) is 0 Å². The van der Waals surface area contributed by atoms with E-state index in [1.54, 1.807) is 6.92 Å². The highest BCUT2D eigenvalue weighted by atomic mass is 35.5. The second kappa shape index (κ2) is 4.56. The van der Waals surface area contributed by atoms with E-state index in [-0.39, 0.29) is 11.2 Å². The minimum atomic E-state index is -0.296. The fourth-order valence-corrected chi connectivity index (χ4v) is 2.59. The summed E-state index contributed by atoms with van der Waals surface area (Å²) in [6, 6.07) is 7.69. The van der Waals surface area contributed by atoms with Crippen molar-refractivity contribution in [2.24, 2.45) is 0 Å². The van der Waals surface area contributed by atoms with Gasteiger partial charge in [0.05, 0.1) is 5.41 Å². The van der Waals surface area contributed by atoms with Crippen LogP contribution in [0.25, 0.3) is 0 Å². The van der Waals surface area contributed by atoms with Crippen LogP contribution in [0.2, 0.25) is 5.02 Å². The van der Waals surface area contributed by atoms with Gasteiger partial charge in [-0.15, -0.1) is 0 Å². The van der Waals surface area contributed by atoms with Crippen molar-refractivity contribution < 1.29 is 4.79 Å². The monoisotopic (exact) mass is 237 g/mol. The lowest BCUT2D eigenvalue weighted by molar-refractivity contribution is -0.123. The van der Waals surface area contributed by atoms with Gasteiger partial charge in [0.2, 0.25) is 0 Å². The van der Waals surface area contributed by atoms with Crippen LogP contribution >= 0.6 is 11.6 Å². The molecular weight excluding hydrogens is 222 g/mol. The zero-order chi connectivity index (χ0) is 11.6. The molecule has 0 unspecified atom stereocenters. The number of halogens is 1. The van der Waals surface area contributed by atoms with E-state index in [0.717, 1.165) is 36.5 Å². The summed E-state index contributed by atoms with van der Waals surface area (Å²) >= 11 is 5.88. The molecule has 0 saturated carbocycles. The third kappa shape index (κ3) is 2.00. The average Bonchev–Trinajstić information content (AvgIpc) is 2.30. The van der Waals surface area contributed by atoms with E-state index in [9.17, 15) is 4.79 Å². The van der Waals surface area contributed by atoms with E-state index >= 15 is 0 Å². The minimum Gasteiger partial charge on any atom is -0.317 e. The Bertz CT molecular complexity index is 379. The average molecular weight is 238 g/mol. The Balaban J connectivity index is 2.38. The zero-order valence-corrected chi connectivity index (χ0v) is 10.2. The van der Waals surface area contributed by atoms with Gasteiger partial charge >= 0.3 is 0 Å². The highest BCUT2D eigenvalue weighted by molar-refractivity contribution is 6.30. The molecule has 0 aromatic heterocycles. The van der Waals surface area contributed by atoms with E-state index in [2.05, 4.69) is 5.32 Å². The Morgan fingerprint density at radius 1 is 1.25 bits per heavy atom. The van der Waals surface area contributed by atoms with Crippen molar-refractivity contribution in [1.29, 1.82) is 0 Å². The first-order valence-corrected chi connectivity index (χ1v) is 6.01. The van der Waals surface area contributed by atoms with E-state index in [0.29, 0.717) is 0 Å². The Morgan fingerprint density at radius 2 is 1.81 bits per heavy atom. The molecule has 1 fully saturated rings. The molecule has 1 heterocycles. The number of piperidine rings is 1. The first-order valence-electron chi connectivity index (χ1n) is 5.63. The first-order chi connectivity index (χ1) is 7.65. The first kappa shape index (κ1) is 11.6. The van der Waals surface area contributed by atoms with Gasteiger partial charge in [-0.1, -0.05) is 23.7 Å². The van der Waals surface area contributed by atoms with Gasteiger partial charge in [-0.25, -0.2) is 0 Å². The number of carbonyl (C=O) groups is 1. The molecule has 2 rings (SSSR count). The Kier molecular flexibility index (Phi) is 3.31. The molecule has 1 N–H and O–H groups in total. The predicted octanol–water partition coefficient (Wildman–Crippen LogP) is 2.55. The number of hydrogen-bond acceptors (Lipinski definition) is 2. The molecule has 0 atom stereocenters. The molecule has 1 aromatic carbocycles. The number of rotatable bonds is 2. The summed E-state index contributed by atoms with van der Waals surface area (Å²) < 4.78 is 0. The van der Waals surface area contributed by atoms with Crippen molar-refractivity contribution in [3.05, 3.63) is 34.9 Å². The fourth-order valence-electron chi connectivity index (χ4n) is 2.47. The van der Waals surface area contributed by atoms with Crippen molar-refractivity contribution in [1.82, 2.24) is 5.32 Å². The van der Waals surface area contributed by atoms with Gasteiger partial charge < -0.3 is 5.32 Å². The molecule has 0 radical (unpaired) electrons. The van der Waals surface area contributed by atoms with E-state index < -0.39 is 0 Å². The van der Waals surface area contributed by atoms with Crippen molar-refractivity contribution in [2.45, 2.75) is 25.2 Å². The van der Waals surface area contributed by atoms with Gasteiger partial charge in [-0.3, -0.25) is 4.79 Å². The number of carbonyl (C=O) groups excluding carboxylic acids is 1. The summed E-state index contributed by atoms with van der Waals surface area (Å²) in [6.45, 7) is 3.50. The molecule has 0 bridgehead atoms. The normalized spacial score (nSPS) is 19.4. The van der Waals surface area contributed by atoms with Gasteiger partial charge in [-0.05, 0) is 50.6 Å². The molecule has 16 heavy (non-hydrogen) atoms. The second-order valence-electron chi connectivity index (χ2n) is 4.40.